The fourth-order valence-electron chi connectivity index (χ4n) is 1.37. The van der Waals surface area contributed by atoms with Crippen molar-refractivity contribution in [3.63, 3.8) is 0 Å². The average Bonchev–Trinajstić information content (AvgIpc) is 2.01. The van der Waals surface area contributed by atoms with E-state index in [-0.39, 0.29) is 17.7 Å². The molecule has 1 atom stereocenters. The van der Waals surface area contributed by atoms with E-state index in [9.17, 15) is 9.59 Å². The number of carbonyl (C=O) groups is 2. The second-order valence-electron chi connectivity index (χ2n) is 3.93. The molecule has 0 fully saturated rings. The second kappa shape index (κ2) is 6.54. The quantitative estimate of drug-likeness (QED) is 0.680. The van der Waals surface area contributed by atoms with Gasteiger partial charge in [-0.1, -0.05) is 13.8 Å². The summed E-state index contributed by atoms with van der Waals surface area (Å²) in [5, 5.41) is 5.27. The number of amides is 2. The van der Waals surface area contributed by atoms with Gasteiger partial charge in [0.2, 0.25) is 11.8 Å². The Morgan fingerprint density at radius 2 is 1.86 bits per heavy atom. The van der Waals surface area contributed by atoms with Gasteiger partial charge in [0.15, 0.2) is 0 Å². The van der Waals surface area contributed by atoms with Crippen LogP contribution in [0.15, 0.2) is 0 Å². The van der Waals surface area contributed by atoms with Crippen LogP contribution in [0.5, 0.6) is 0 Å². The number of carbonyl (C=O) groups excluding carboxylic acids is 2. The van der Waals surface area contributed by atoms with E-state index in [1.54, 1.807) is 7.05 Å². The fourth-order valence-corrected chi connectivity index (χ4v) is 1.37. The summed E-state index contributed by atoms with van der Waals surface area (Å²) < 4.78 is 0. The fraction of sp³-hybridized carbons (Fsp3) is 0.800. The molecule has 0 spiro atoms. The van der Waals surface area contributed by atoms with Gasteiger partial charge in [-0.05, 0) is 19.4 Å². The molecule has 0 radical (unpaired) electrons. The van der Waals surface area contributed by atoms with Gasteiger partial charge in [-0.2, -0.15) is 0 Å². The van der Waals surface area contributed by atoms with Crippen LogP contribution in [-0.2, 0) is 9.59 Å². The third-order valence-corrected chi connectivity index (χ3v) is 1.88. The molecule has 14 heavy (non-hydrogen) atoms. The summed E-state index contributed by atoms with van der Waals surface area (Å²) in [6, 6.07) is 0. The van der Waals surface area contributed by atoms with E-state index < -0.39 is 0 Å². The van der Waals surface area contributed by atoms with E-state index in [0.717, 1.165) is 6.42 Å². The van der Waals surface area contributed by atoms with Crippen molar-refractivity contribution in [3.05, 3.63) is 0 Å². The van der Waals surface area contributed by atoms with Crippen LogP contribution in [0, 0.1) is 11.8 Å². The first-order valence-electron chi connectivity index (χ1n) is 4.93. The minimum atomic E-state index is -0.292. The molecule has 0 aliphatic heterocycles. The smallest absolute Gasteiger partial charge is 0.230 e. The van der Waals surface area contributed by atoms with Crippen LogP contribution in [-0.4, -0.2) is 25.4 Å². The second-order valence-corrected chi connectivity index (χ2v) is 3.93. The number of hydrogen-bond acceptors (Lipinski definition) is 3. The molecule has 0 aliphatic carbocycles. The number of rotatable bonds is 5. The summed E-state index contributed by atoms with van der Waals surface area (Å²) in [6.07, 6.45) is 0.792. The van der Waals surface area contributed by atoms with Gasteiger partial charge in [0.1, 0.15) is 0 Å². The zero-order valence-corrected chi connectivity index (χ0v) is 9.39. The first kappa shape index (κ1) is 13.1. The lowest BCUT2D eigenvalue weighted by molar-refractivity contribution is -0.132. The van der Waals surface area contributed by atoms with Crippen LogP contribution in [0.2, 0.25) is 0 Å². The summed E-state index contributed by atoms with van der Waals surface area (Å²) in [7, 11) is 1.80. The molecule has 0 bridgehead atoms. The van der Waals surface area contributed by atoms with Crippen molar-refractivity contribution < 1.29 is 9.59 Å². The maximum absolute atomic E-state index is 11.5. The Morgan fingerprint density at radius 1 is 1.29 bits per heavy atom. The molecule has 0 saturated heterocycles. The summed E-state index contributed by atoms with van der Waals surface area (Å²) >= 11 is 0. The van der Waals surface area contributed by atoms with Gasteiger partial charge in [-0.25, -0.2) is 0 Å². The molecule has 82 valence electrons. The Labute approximate surface area is 85.4 Å². The molecule has 0 aromatic heterocycles. The van der Waals surface area contributed by atoms with Gasteiger partial charge in [0.05, 0.1) is 5.92 Å². The topological polar surface area (TPSA) is 58.2 Å². The van der Waals surface area contributed by atoms with Gasteiger partial charge in [0.25, 0.3) is 0 Å². The van der Waals surface area contributed by atoms with Gasteiger partial charge in [0, 0.05) is 13.5 Å². The van der Waals surface area contributed by atoms with E-state index >= 15 is 0 Å². The molecule has 0 saturated carbocycles. The van der Waals surface area contributed by atoms with Crippen molar-refractivity contribution >= 4 is 11.8 Å². The Balaban J connectivity index is 4.17. The summed E-state index contributed by atoms with van der Waals surface area (Å²) in [4.78, 5) is 22.2. The standard InChI is InChI=1S/C10H20N2O2/c1-7(2)5-9(6-11-4)10(14)12-8(3)13/h7,9,11H,5-6H2,1-4H3,(H,12,13,14)/t9-/m1/s1. The van der Waals surface area contributed by atoms with Crippen molar-refractivity contribution in [2.75, 3.05) is 13.6 Å². The third kappa shape index (κ3) is 5.70. The number of hydrogen-bond donors (Lipinski definition) is 2. The molecule has 0 aromatic carbocycles. The molecule has 0 aliphatic rings. The van der Waals surface area contributed by atoms with E-state index in [4.69, 9.17) is 0 Å². The predicted molar refractivity (Wildman–Crippen MR) is 55.7 cm³/mol. The molecule has 0 unspecified atom stereocenters. The van der Waals surface area contributed by atoms with Crippen LogP contribution < -0.4 is 10.6 Å². The van der Waals surface area contributed by atoms with Crippen LogP contribution in [0.25, 0.3) is 0 Å². The predicted octanol–water partition coefficient (Wildman–Crippen LogP) is 0.531. The van der Waals surface area contributed by atoms with Gasteiger partial charge in [-0.15, -0.1) is 0 Å². The lowest BCUT2D eigenvalue weighted by Crippen LogP contribution is -2.38. The Bertz CT molecular complexity index is 202. The van der Waals surface area contributed by atoms with Gasteiger partial charge in [-0.3, -0.25) is 14.9 Å². The van der Waals surface area contributed by atoms with Crippen molar-refractivity contribution in [3.8, 4) is 0 Å². The summed E-state index contributed by atoms with van der Waals surface area (Å²) in [5.74, 6) is -0.143. The van der Waals surface area contributed by atoms with E-state index in [1.165, 1.54) is 6.92 Å². The zero-order valence-electron chi connectivity index (χ0n) is 9.39. The highest BCUT2D eigenvalue weighted by Crippen LogP contribution is 2.10. The molecule has 0 aromatic rings. The van der Waals surface area contributed by atoms with Crippen LogP contribution in [0.3, 0.4) is 0 Å². The van der Waals surface area contributed by atoms with Crippen LogP contribution in [0.4, 0.5) is 0 Å². The maximum atomic E-state index is 11.5. The molecular formula is C10H20N2O2. The molecule has 4 heteroatoms. The lowest BCUT2D eigenvalue weighted by Gasteiger charge is -2.17. The summed E-state index contributed by atoms with van der Waals surface area (Å²) in [6.45, 7) is 6.08. The number of nitrogens with one attached hydrogen (secondary N) is 2. The molecule has 0 heterocycles. The zero-order chi connectivity index (χ0) is 11.1. The van der Waals surface area contributed by atoms with E-state index in [1.807, 2.05) is 0 Å². The normalized spacial score (nSPS) is 12.6. The first-order valence-corrected chi connectivity index (χ1v) is 4.93. The van der Waals surface area contributed by atoms with Crippen molar-refractivity contribution in [1.29, 1.82) is 0 Å². The SMILES string of the molecule is CNC[C@@H](CC(C)C)C(=O)NC(C)=O. The van der Waals surface area contributed by atoms with Crippen molar-refractivity contribution in [2.45, 2.75) is 27.2 Å². The lowest BCUT2D eigenvalue weighted by atomic mass is 9.96. The van der Waals surface area contributed by atoms with Crippen LogP contribution in [0.1, 0.15) is 27.2 Å². The molecule has 2 N–H and O–H groups in total. The van der Waals surface area contributed by atoms with E-state index in [0.29, 0.717) is 12.5 Å². The minimum absolute atomic E-state index is 0.121. The third-order valence-electron chi connectivity index (χ3n) is 1.88. The van der Waals surface area contributed by atoms with Gasteiger partial charge >= 0.3 is 0 Å². The highest BCUT2D eigenvalue weighted by Gasteiger charge is 2.19. The number of imide groups is 1. The average molecular weight is 200 g/mol. The van der Waals surface area contributed by atoms with Crippen molar-refractivity contribution in [2.24, 2.45) is 11.8 Å². The minimum Gasteiger partial charge on any atom is -0.319 e. The molecule has 4 nitrogen and oxygen atoms in total. The monoisotopic (exact) mass is 200 g/mol. The largest absolute Gasteiger partial charge is 0.319 e. The summed E-state index contributed by atoms with van der Waals surface area (Å²) in [5.41, 5.74) is 0. The van der Waals surface area contributed by atoms with Crippen molar-refractivity contribution in [1.82, 2.24) is 10.6 Å². The van der Waals surface area contributed by atoms with Crippen LogP contribution >= 0.6 is 0 Å². The Kier molecular flexibility index (Phi) is 6.12. The highest BCUT2D eigenvalue weighted by atomic mass is 16.2. The highest BCUT2D eigenvalue weighted by molar-refractivity contribution is 5.95. The molecule has 0 rings (SSSR count). The Hall–Kier alpha value is -0.900. The first-order chi connectivity index (χ1) is 6.47. The maximum Gasteiger partial charge on any atom is 0.230 e. The van der Waals surface area contributed by atoms with Gasteiger partial charge < -0.3 is 5.32 Å². The molecular weight excluding hydrogens is 180 g/mol. The van der Waals surface area contributed by atoms with E-state index in [2.05, 4.69) is 24.5 Å². The molecule has 2 amide bonds. The Morgan fingerprint density at radius 3 is 2.21 bits per heavy atom.